The lowest BCUT2D eigenvalue weighted by atomic mass is 10.1. The van der Waals surface area contributed by atoms with Gasteiger partial charge in [0, 0.05) is 18.0 Å². The Labute approximate surface area is 182 Å². The van der Waals surface area contributed by atoms with Gasteiger partial charge in [0.15, 0.2) is 0 Å². The fourth-order valence-corrected chi connectivity index (χ4v) is 3.02. The average molecular weight is 431 g/mol. The van der Waals surface area contributed by atoms with Crippen molar-refractivity contribution in [2.24, 2.45) is 5.92 Å². The van der Waals surface area contributed by atoms with Crippen molar-refractivity contribution in [3.8, 4) is 5.75 Å². The van der Waals surface area contributed by atoms with Crippen LogP contribution in [0.2, 0.25) is 0 Å². The first kappa shape index (κ1) is 24.0. The standard InChI is InChI=1S/C23H30N2O6/c1-14(2)10-11-31-20-9-6-16-12-17(24-15(3)26)7-8-18(16)22(20)25-19(23(28)30-5)13-21(27)29-4/h6-9,12,14,19,25H,10-11,13H2,1-5H3,(H,24,26)/t19-/m1/s1. The van der Waals surface area contributed by atoms with Gasteiger partial charge in [0.05, 0.1) is 32.9 Å². The van der Waals surface area contributed by atoms with Crippen LogP contribution in [0.5, 0.6) is 5.75 Å². The number of fused-ring (bicyclic) bond motifs is 1. The molecule has 2 aromatic rings. The van der Waals surface area contributed by atoms with Crippen LogP contribution in [0.3, 0.4) is 0 Å². The predicted molar refractivity (Wildman–Crippen MR) is 119 cm³/mol. The van der Waals surface area contributed by atoms with Crippen LogP contribution < -0.4 is 15.4 Å². The quantitative estimate of drug-likeness (QED) is 0.554. The molecule has 0 spiro atoms. The third kappa shape index (κ3) is 6.87. The highest BCUT2D eigenvalue weighted by molar-refractivity contribution is 6.01. The highest BCUT2D eigenvalue weighted by Crippen LogP contribution is 2.36. The summed E-state index contributed by atoms with van der Waals surface area (Å²) < 4.78 is 15.6. The summed E-state index contributed by atoms with van der Waals surface area (Å²) in [6.45, 7) is 6.16. The Morgan fingerprint density at radius 2 is 1.77 bits per heavy atom. The maximum absolute atomic E-state index is 12.3. The van der Waals surface area contributed by atoms with Gasteiger partial charge in [0.25, 0.3) is 0 Å². The zero-order valence-electron chi connectivity index (χ0n) is 18.6. The number of methoxy groups -OCH3 is 2. The molecule has 2 N–H and O–H groups in total. The van der Waals surface area contributed by atoms with Crippen molar-refractivity contribution in [3.05, 3.63) is 30.3 Å². The molecule has 8 heteroatoms. The molecule has 2 aromatic carbocycles. The Morgan fingerprint density at radius 3 is 2.39 bits per heavy atom. The molecule has 0 saturated heterocycles. The van der Waals surface area contributed by atoms with E-state index >= 15 is 0 Å². The van der Waals surface area contributed by atoms with Crippen LogP contribution in [0.1, 0.15) is 33.6 Å². The van der Waals surface area contributed by atoms with E-state index in [9.17, 15) is 14.4 Å². The van der Waals surface area contributed by atoms with Crippen LogP contribution in [0.4, 0.5) is 11.4 Å². The first-order chi connectivity index (χ1) is 14.7. The largest absolute Gasteiger partial charge is 0.491 e. The Balaban J connectivity index is 2.48. The van der Waals surface area contributed by atoms with E-state index in [1.165, 1.54) is 21.1 Å². The minimum absolute atomic E-state index is 0.171. The predicted octanol–water partition coefficient (Wildman–Crippen LogP) is 3.74. The molecule has 0 aliphatic carbocycles. The molecule has 1 amide bonds. The van der Waals surface area contributed by atoms with Gasteiger partial charge in [-0.1, -0.05) is 26.0 Å². The molecule has 31 heavy (non-hydrogen) atoms. The van der Waals surface area contributed by atoms with E-state index in [0.717, 1.165) is 17.2 Å². The van der Waals surface area contributed by atoms with Crippen molar-refractivity contribution in [1.29, 1.82) is 0 Å². The van der Waals surface area contributed by atoms with E-state index in [-0.39, 0.29) is 12.3 Å². The monoisotopic (exact) mass is 430 g/mol. The van der Waals surface area contributed by atoms with Crippen molar-refractivity contribution >= 4 is 40.0 Å². The van der Waals surface area contributed by atoms with Gasteiger partial charge < -0.3 is 24.8 Å². The number of rotatable bonds is 10. The van der Waals surface area contributed by atoms with Gasteiger partial charge in [-0.2, -0.15) is 0 Å². The number of ether oxygens (including phenoxy) is 3. The lowest BCUT2D eigenvalue weighted by Gasteiger charge is -2.21. The van der Waals surface area contributed by atoms with Crippen molar-refractivity contribution in [2.45, 2.75) is 39.7 Å². The number of carbonyl (C=O) groups excluding carboxylic acids is 3. The Bertz CT molecular complexity index is 941. The zero-order chi connectivity index (χ0) is 23.0. The summed E-state index contributed by atoms with van der Waals surface area (Å²) in [5.41, 5.74) is 1.22. The number of amides is 1. The third-order valence-electron chi connectivity index (χ3n) is 4.66. The van der Waals surface area contributed by atoms with Gasteiger partial charge in [-0.25, -0.2) is 4.79 Å². The molecule has 0 unspecified atom stereocenters. The van der Waals surface area contributed by atoms with Crippen LogP contribution in [0.25, 0.3) is 10.8 Å². The van der Waals surface area contributed by atoms with Crippen molar-refractivity contribution in [2.75, 3.05) is 31.5 Å². The summed E-state index contributed by atoms with van der Waals surface area (Å²) >= 11 is 0. The number of anilines is 2. The van der Waals surface area contributed by atoms with Crippen LogP contribution in [-0.2, 0) is 23.9 Å². The zero-order valence-corrected chi connectivity index (χ0v) is 18.6. The second-order valence-corrected chi connectivity index (χ2v) is 7.59. The molecule has 1 atom stereocenters. The van der Waals surface area contributed by atoms with Crippen LogP contribution in [0.15, 0.2) is 30.3 Å². The molecule has 0 aliphatic rings. The fraction of sp³-hybridized carbons (Fsp3) is 0.435. The maximum Gasteiger partial charge on any atom is 0.328 e. The smallest absolute Gasteiger partial charge is 0.328 e. The highest BCUT2D eigenvalue weighted by Gasteiger charge is 2.25. The fourth-order valence-electron chi connectivity index (χ4n) is 3.02. The van der Waals surface area contributed by atoms with E-state index in [0.29, 0.717) is 29.6 Å². The lowest BCUT2D eigenvalue weighted by Crippen LogP contribution is -2.33. The average Bonchev–Trinajstić information content (AvgIpc) is 2.72. The number of benzene rings is 2. The summed E-state index contributed by atoms with van der Waals surface area (Å²) in [6.07, 6.45) is 0.663. The SMILES string of the molecule is COC(=O)C[C@@H](Nc1c(OCCC(C)C)ccc2cc(NC(C)=O)ccc12)C(=O)OC. The van der Waals surface area contributed by atoms with E-state index in [4.69, 9.17) is 14.2 Å². The number of esters is 2. The summed E-state index contributed by atoms with van der Waals surface area (Å²) in [7, 11) is 2.52. The van der Waals surface area contributed by atoms with Crippen LogP contribution >= 0.6 is 0 Å². The molecule has 0 aliphatic heterocycles. The molecule has 0 bridgehead atoms. The Hall–Kier alpha value is -3.29. The van der Waals surface area contributed by atoms with Gasteiger partial charge >= 0.3 is 11.9 Å². The first-order valence-electron chi connectivity index (χ1n) is 10.1. The van der Waals surface area contributed by atoms with Gasteiger partial charge in [-0.15, -0.1) is 0 Å². The molecule has 0 radical (unpaired) electrons. The number of nitrogens with one attached hydrogen (secondary N) is 2. The minimum Gasteiger partial charge on any atom is -0.491 e. The van der Waals surface area contributed by atoms with Crippen molar-refractivity contribution < 1.29 is 28.6 Å². The number of hydrogen-bond acceptors (Lipinski definition) is 7. The van der Waals surface area contributed by atoms with Gasteiger partial charge in [0.2, 0.25) is 5.91 Å². The molecule has 168 valence electrons. The molecule has 0 fully saturated rings. The number of hydrogen-bond donors (Lipinski definition) is 2. The van der Waals surface area contributed by atoms with E-state index in [2.05, 4.69) is 24.5 Å². The number of carbonyl (C=O) groups is 3. The summed E-state index contributed by atoms with van der Waals surface area (Å²) in [4.78, 5) is 35.5. The molecular weight excluding hydrogens is 400 g/mol. The molecule has 0 heterocycles. The Morgan fingerprint density at radius 1 is 1.03 bits per heavy atom. The summed E-state index contributed by atoms with van der Waals surface area (Å²) in [5, 5.41) is 7.47. The minimum atomic E-state index is -0.953. The Kier molecular flexibility index (Phi) is 8.66. The van der Waals surface area contributed by atoms with Crippen molar-refractivity contribution in [1.82, 2.24) is 0 Å². The molecule has 2 rings (SSSR count). The first-order valence-corrected chi connectivity index (χ1v) is 10.1. The van der Waals surface area contributed by atoms with Crippen LogP contribution in [-0.4, -0.2) is 44.7 Å². The van der Waals surface area contributed by atoms with Crippen LogP contribution in [0, 0.1) is 5.92 Å². The maximum atomic E-state index is 12.3. The van der Waals surface area contributed by atoms with Gasteiger partial charge in [-0.05, 0) is 35.9 Å². The van der Waals surface area contributed by atoms with E-state index in [1.807, 2.05) is 18.2 Å². The second-order valence-electron chi connectivity index (χ2n) is 7.59. The third-order valence-corrected chi connectivity index (χ3v) is 4.66. The summed E-state index contributed by atoms with van der Waals surface area (Å²) in [5.74, 6) is -0.280. The normalized spacial score (nSPS) is 11.7. The highest BCUT2D eigenvalue weighted by atomic mass is 16.5. The van der Waals surface area contributed by atoms with Gasteiger partial charge in [-0.3, -0.25) is 9.59 Å². The molecular formula is C23H30N2O6. The van der Waals surface area contributed by atoms with Gasteiger partial charge in [0.1, 0.15) is 11.8 Å². The second kappa shape index (κ2) is 11.2. The summed E-state index contributed by atoms with van der Waals surface area (Å²) in [6, 6.07) is 8.14. The van der Waals surface area contributed by atoms with E-state index in [1.54, 1.807) is 12.1 Å². The molecule has 0 saturated carbocycles. The van der Waals surface area contributed by atoms with Crippen molar-refractivity contribution in [3.63, 3.8) is 0 Å². The lowest BCUT2D eigenvalue weighted by molar-refractivity contribution is -0.148. The topological polar surface area (TPSA) is 103 Å². The molecule has 8 nitrogen and oxygen atoms in total. The van der Waals surface area contributed by atoms with E-state index < -0.39 is 18.0 Å². The molecule has 0 aromatic heterocycles.